The lowest BCUT2D eigenvalue weighted by molar-refractivity contribution is -0.278. The first kappa shape index (κ1) is 8.97. The molecule has 0 spiro atoms. The van der Waals surface area contributed by atoms with Crippen molar-refractivity contribution in [2.45, 2.75) is 25.7 Å². The highest BCUT2D eigenvalue weighted by atomic mass is 16.7. The fourth-order valence-corrected chi connectivity index (χ4v) is 1.46. The van der Waals surface area contributed by atoms with Gasteiger partial charge in [0.25, 0.3) is 0 Å². The Bertz CT molecular complexity index is 117. The lowest BCUT2D eigenvalue weighted by atomic mass is 10.4. The molecule has 1 rings (SSSR count). The highest BCUT2D eigenvalue weighted by molar-refractivity contribution is 4.72. The number of nitrogens with zero attached hydrogens (tertiary/aromatic N) is 1. The summed E-state index contributed by atoms with van der Waals surface area (Å²) in [5.74, 6) is -0.503. The van der Waals surface area contributed by atoms with Crippen LogP contribution in [-0.4, -0.2) is 38.1 Å². The molecular weight excluding hydrogens is 142 g/mol. The third-order valence-electron chi connectivity index (χ3n) is 2.44. The van der Waals surface area contributed by atoms with Gasteiger partial charge in [0.2, 0.25) is 5.91 Å². The second-order valence-corrected chi connectivity index (χ2v) is 3.00. The minimum absolute atomic E-state index is 0.503. The first-order valence-corrected chi connectivity index (χ1v) is 4.08. The van der Waals surface area contributed by atoms with Gasteiger partial charge >= 0.3 is 0 Å². The van der Waals surface area contributed by atoms with E-state index in [0.717, 1.165) is 13.1 Å². The Labute approximate surface area is 68.3 Å². The van der Waals surface area contributed by atoms with Gasteiger partial charge < -0.3 is 9.47 Å². The fourth-order valence-electron chi connectivity index (χ4n) is 1.46. The molecule has 0 aromatic carbocycles. The predicted molar refractivity (Wildman–Crippen MR) is 43.2 cm³/mol. The average Bonchev–Trinajstić information content (AvgIpc) is 2.55. The Morgan fingerprint density at radius 3 is 1.91 bits per heavy atom. The van der Waals surface area contributed by atoms with Crippen LogP contribution in [0, 0.1) is 0 Å². The molecule has 66 valence electrons. The average molecular weight is 159 g/mol. The van der Waals surface area contributed by atoms with Crippen LogP contribution in [0.3, 0.4) is 0 Å². The van der Waals surface area contributed by atoms with Crippen LogP contribution < -0.4 is 0 Å². The Morgan fingerprint density at radius 1 is 1.09 bits per heavy atom. The quantitative estimate of drug-likeness (QED) is 0.574. The molecule has 0 radical (unpaired) electrons. The largest absolute Gasteiger partial charge is 0.341 e. The second-order valence-electron chi connectivity index (χ2n) is 3.00. The van der Waals surface area contributed by atoms with Crippen LogP contribution >= 0.6 is 0 Å². The predicted octanol–water partition coefficient (Wildman–Crippen LogP) is 1.05. The zero-order chi connectivity index (χ0) is 8.32. The van der Waals surface area contributed by atoms with Gasteiger partial charge in [-0.15, -0.1) is 0 Å². The standard InChI is InChI=1S/C8H17NO2/c1-8(10-2,11-3)9-6-4-5-7-9/h4-7H2,1-3H3. The van der Waals surface area contributed by atoms with E-state index in [9.17, 15) is 0 Å². The van der Waals surface area contributed by atoms with E-state index in [0.29, 0.717) is 0 Å². The van der Waals surface area contributed by atoms with Gasteiger partial charge in [-0.3, -0.25) is 4.90 Å². The highest BCUT2D eigenvalue weighted by Crippen LogP contribution is 2.21. The van der Waals surface area contributed by atoms with Crippen molar-refractivity contribution in [2.24, 2.45) is 0 Å². The smallest absolute Gasteiger partial charge is 0.226 e. The summed E-state index contributed by atoms with van der Waals surface area (Å²) in [4.78, 5) is 2.22. The van der Waals surface area contributed by atoms with Crippen molar-refractivity contribution in [3.8, 4) is 0 Å². The van der Waals surface area contributed by atoms with Crippen molar-refractivity contribution in [2.75, 3.05) is 27.3 Å². The molecule has 1 aliphatic rings. The third kappa shape index (κ3) is 1.72. The summed E-state index contributed by atoms with van der Waals surface area (Å²) in [6.45, 7) is 4.12. The Hall–Kier alpha value is -0.120. The monoisotopic (exact) mass is 159 g/mol. The molecule has 0 saturated carbocycles. The maximum Gasteiger partial charge on any atom is 0.226 e. The molecule has 0 aliphatic carbocycles. The number of ether oxygens (including phenoxy) is 2. The molecule has 0 aromatic rings. The first-order valence-electron chi connectivity index (χ1n) is 4.08. The van der Waals surface area contributed by atoms with Gasteiger partial charge in [0.1, 0.15) is 0 Å². The van der Waals surface area contributed by atoms with Gasteiger partial charge in [-0.2, -0.15) is 0 Å². The van der Waals surface area contributed by atoms with Gasteiger partial charge in [0.05, 0.1) is 0 Å². The molecule has 0 aromatic heterocycles. The molecule has 0 amide bonds. The number of rotatable bonds is 3. The topological polar surface area (TPSA) is 21.7 Å². The van der Waals surface area contributed by atoms with Crippen LogP contribution in [0.2, 0.25) is 0 Å². The zero-order valence-electron chi connectivity index (χ0n) is 7.59. The molecule has 11 heavy (non-hydrogen) atoms. The van der Waals surface area contributed by atoms with Gasteiger partial charge in [-0.25, -0.2) is 0 Å². The second kappa shape index (κ2) is 3.52. The number of hydrogen-bond donors (Lipinski definition) is 0. The van der Waals surface area contributed by atoms with Crippen LogP contribution in [0.15, 0.2) is 0 Å². The van der Waals surface area contributed by atoms with Crippen LogP contribution in [0.1, 0.15) is 19.8 Å². The van der Waals surface area contributed by atoms with E-state index < -0.39 is 5.91 Å². The van der Waals surface area contributed by atoms with Gasteiger partial charge in [0, 0.05) is 34.2 Å². The van der Waals surface area contributed by atoms with E-state index in [2.05, 4.69) is 4.90 Å². The van der Waals surface area contributed by atoms with E-state index in [1.165, 1.54) is 12.8 Å². The van der Waals surface area contributed by atoms with Crippen molar-refractivity contribution in [3.05, 3.63) is 0 Å². The van der Waals surface area contributed by atoms with Gasteiger partial charge in [-0.1, -0.05) is 0 Å². The summed E-state index contributed by atoms with van der Waals surface area (Å²) in [6, 6.07) is 0. The fraction of sp³-hybridized carbons (Fsp3) is 1.00. The van der Waals surface area contributed by atoms with Crippen LogP contribution in [0.5, 0.6) is 0 Å². The molecule has 3 heteroatoms. The van der Waals surface area contributed by atoms with E-state index in [-0.39, 0.29) is 0 Å². The lowest BCUT2D eigenvalue weighted by Gasteiger charge is -2.35. The maximum atomic E-state index is 5.27. The van der Waals surface area contributed by atoms with Crippen molar-refractivity contribution in [3.63, 3.8) is 0 Å². The number of methoxy groups -OCH3 is 2. The Balaban J connectivity index is 2.52. The minimum Gasteiger partial charge on any atom is -0.341 e. The summed E-state index contributed by atoms with van der Waals surface area (Å²) in [5.41, 5.74) is 0. The minimum atomic E-state index is -0.503. The van der Waals surface area contributed by atoms with Crippen LogP contribution in [0.4, 0.5) is 0 Å². The molecule has 1 saturated heterocycles. The normalized spacial score (nSPS) is 21.0. The zero-order valence-corrected chi connectivity index (χ0v) is 7.59. The van der Waals surface area contributed by atoms with E-state index in [1.807, 2.05) is 6.92 Å². The summed E-state index contributed by atoms with van der Waals surface area (Å²) < 4.78 is 10.5. The molecular formula is C8H17NO2. The molecule has 1 fully saturated rings. The van der Waals surface area contributed by atoms with Crippen molar-refractivity contribution < 1.29 is 9.47 Å². The maximum absolute atomic E-state index is 5.27. The Morgan fingerprint density at radius 2 is 1.55 bits per heavy atom. The van der Waals surface area contributed by atoms with E-state index in [4.69, 9.17) is 9.47 Å². The molecule has 1 aliphatic heterocycles. The van der Waals surface area contributed by atoms with Crippen molar-refractivity contribution in [1.82, 2.24) is 4.90 Å². The van der Waals surface area contributed by atoms with Crippen LogP contribution in [0.25, 0.3) is 0 Å². The number of hydrogen-bond acceptors (Lipinski definition) is 3. The summed E-state index contributed by atoms with van der Waals surface area (Å²) in [5, 5.41) is 0. The SMILES string of the molecule is COC(C)(OC)N1CCCC1. The molecule has 0 N–H and O–H groups in total. The number of likely N-dealkylation sites (tertiary alicyclic amines) is 1. The first-order chi connectivity index (χ1) is 5.23. The van der Waals surface area contributed by atoms with Gasteiger partial charge in [0.15, 0.2) is 0 Å². The molecule has 3 nitrogen and oxygen atoms in total. The van der Waals surface area contributed by atoms with Crippen molar-refractivity contribution in [1.29, 1.82) is 0 Å². The molecule has 0 bridgehead atoms. The third-order valence-corrected chi connectivity index (χ3v) is 2.44. The summed E-state index contributed by atoms with van der Waals surface area (Å²) >= 11 is 0. The van der Waals surface area contributed by atoms with E-state index in [1.54, 1.807) is 14.2 Å². The summed E-state index contributed by atoms with van der Waals surface area (Å²) in [7, 11) is 3.36. The van der Waals surface area contributed by atoms with E-state index >= 15 is 0 Å². The molecule has 0 unspecified atom stereocenters. The molecule has 0 atom stereocenters. The van der Waals surface area contributed by atoms with Crippen molar-refractivity contribution >= 4 is 0 Å². The Kier molecular flexibility index (Phi) is 2.87. The lowest BCUT2D eigenvalue weighted by Crippen LogP contribution is -2.47. The van der Waals surface area contributed by atoms with Crippen LogP contribution in [-0.2, 0) is 9.47 Å². The van der Waals surface area contributed by atoms with Gasteiger partial charge in [-0.05, 0) is 12.8 Å². The molecule has 1 heterocycles. The summed E-state index contributed by atoms with van der Waals surface area (Å²) in [6.07, 6.45) is 2.50. The highest BCUT2D eigenvalue weighted by Gasteiger charge is 2.33.